The Morgan fingerprint density at radius 3 is 2.42 bits per heavy atom. The van der Waals surface area contributed by atoms with Gasteiger partial charge < -0.3 is 14.8 Å². The second-order valence-corrected chi connectivity index (χ2v) is 6.44. The van der Waals surface area contributed by atoms with Crippen molar-refractivity contribution >= 4 is 17.7 Å². The number of benzene rings is 2. The number of carbonyl (C=O) groups excluding carboxylic acids is 1. The minimum absolute atomic E-state index is 0.0426. The van der Waals surface area contributed by atoms with E-state index in [2.05, 4.69) is 24.4 Å². The number of nitrogens with one attached hydrogen (secondary N) is 1. The summed E-state index contributed by atoms with van der Waals surface area (Å²) < 4.78 is 10.5. The molecule has 0 aliphatic heterocycles. The molecule has 0 aliphatic rings. The average molecular weight is 345 g/mol. The maximum atomic E-state index is 11.9. The standard InChI is InChI=1S/C19H23NO3S/c1-14-4-7-16(8-5-14)24-13-19(21)20-11-10-15-6-9-17(22-2)18(12-15)23-3/h4-9,12H,10-11,13H2,1-3H3,(H,20,21). The summed E-state index contributed by atoms with van der Waals surface area (Å²) in [5.74, 6) is 1.88. The van der Waals surface area contributed by atoms with Gasteiger partial charge in [0, 0.05) is 11.4 Å². The van der Waals surface area contributed by atoms with Crippen LogP contribution in [0.25, 0.3) is 0 Å². The monoisotopic (exact) mass is 345 g/mol. The molecule has 0 atom stereocenters. The van der Waals surface area contributed by atoms with Gasteiger partial charge in [0.2, 0.25) is 5.91 Å². The fraction of sp³-hybridized carbons (Fsp3) is 0.316. The highest BCUT2D eigenvalue weighted by molar-refractivity contribution is 8.00. The van der Waals surface area contributed by atoms with Crippen molar-refractivity contribution in [3.05, 3.63) is 53.6 Å². The third-order valence-corrected chi connectivity index (χ3v) is 4.59. The Labute approximate surface area is 147 Å². The molecule has 0 bridgehead atoms. The van der Waals surface area contributed by atoms with E-state index in [4.69, 9.17) is 9.47 Å². The third kappa shape index (κ3) is 5.49. The van der Waals surface area contributed by atoms with Gasteiger partial charge in [0.1, 0.15) is 0 Å². The van der Waals surface area contributed by atoms with Crippen LogP contribution in [0.4, 0.5) is 0 Å². The number of carbonyl (C=O) groups is 1. The molecule has 128 valence electrons. The quantitative estimate of drug-likeness (QED) is 0.744. The Balaban J connectivity index is 1.75. The summed E-state index contributed by atoms with van der Waals surface area (Å²) in [4.78, 5) is 13.0. The molecule has 0 heterocycles. The van der Waals surface area contributed by atoms with E-state index >= 15 is 0 Å². The zero-order valence-corrected chi connectivity index (χ0v) is 15.1. The van der Waals surface area contributed by atoms with Gasteiger partial charge in [-0.05, 0) is 43.2 Å². The highest BCUT2D eigenvalue weighted by Gasteiger charge is 2.06. The van der Waals surface area contributed by atoms with Gasteiger partial charge >= 0.3 is 0 Å². The summed E-state index contributed by atoms with van der Waals surface area (Å²) in [7, 11) is 3.23. The minimum Gasteiger partial charge on any atom is -0.493 e. The van der Waals surface area contributed by atoms with Crippen molar-refractivity contribution in [3.8, 4) is 11.5 Å². The molecule has 1 amide bonds. The largest absolute Gasteiger partial charge is 0.493 e. The first-order valence-corrected chi connectivity index (χ1v) is 8.78. The van der Waals surface area contributed by atoms with Crippen LogP contribution in [-0.4, -0.2) is 32.4 Å². The number of amides is 1. The molecule has 4 nitrogen and oxygen atoms in total. The number of ether oxygens (including phenoxy) is 2. The SMILES string of the molecule is COc1ccc(CCNC(=O)CSc2ccc(C)cc2)cc1OC. The lowest BCUT2D eigenvalue weighted by molar-refractivity contribution is -0.118. The van der Waals surface area contributed by atoms with Crippen LogP contribution >= 0.6 is 11.8 Å². The Morgan fingerprint density at radius 2 is 1.75 bits per heavy atom. The van der Waals surface area contributed by atoms with Crippen molar-refractivity contribution < 1.29 is 14.3 Å². The van der Waals surface area contributed by atoms with Crippen LogP contribution in [-0.2, 0) is 11.2 Å². The fourth-order valence-electron chi connectivity index (χ4n) is 2.22. The average Bonchev–Trinajstić information content (AvgIpc) is 2.61. The molecule has 0 aromatic heterocycles. The van der Waals surface area contributed by atoms with Crippen LogP contribution in [0.5, 0.6) is 11.5 Å². The molecule has 0 aliphatic carbocycles. The molecule has 1 N–H and O–H groups in total. The zero-order valence-electron chi connectivity index (χ0n) is 14.3. The van der Waals surface area contributed by atoms with Crippen molar-refractivity contribution in [2.45, 2.75) is 18.2 Å². The molecule has 24 heavy (non-hydrogen) atoms. The zero-order chi connectivity index (χ0) is 17.4. The normalized spacial score (nSPS) is 10.3. The van der Waals surface area contributed by atoms with Gasteiger partial charge in [-0.1, -0.05) is 23.8 Å². The molecule has 0 saturated carbocycles. The summed E-state index contributed by atoms with van der Waals surface area (Å²) in [6, 6.07) is 14.0. The smallest absolute Gasteiger partial charge is 0.230 e. The Morgan fingerprint density at radius 1 is 1.04 bits per heavy atom. The van der Waals surface area contributed by atoms with Gasteiger partial charge in [-0.15, -0.1) is 11.8 Å². The number of rotatable bonds is 8. The van der Waals surface area contributed by atoms with Crippen LogP contribution in [0.1, 0.15) is 11.1 Å². The van der Waals surface area contributed by atoms with Gasteiger partial charge in [-0.25, -0.2) is 0 Å². The predicted octanol–water partition coefficient (Wildman–Crippen LogP) is 3.46. The second-order valence-electron chi connectivity index (χ2n) is 5.39. The van der Waals surface area contributed by atoms with Gasteiger partial charge in [0.25, 0.3) is 0 Å². The topological polar surface area (TPSA) is 47.6 Å². The van der Waals surface area contributed by atoms with Gasteiger partial charge in [0.05, 0.1) is 20.0 Å². The Bertz CT molecular complexity index is 671. The molecule has 5 heteroatoms. The molecule has 0 saturated heterocycles. The lowest BCUT2D eigenvalue weighted by Gasteiger charge is -2.10. The lowest BCUT2D eigenvalue weighted by atomic mass is 10.1. The number of hydrogen-bond acceptors (Lipinski definition) is 4. The maximum Gasteiger partial charge on any atom is 0.230 e. The number of aryl methyl sites for hydroxylation is 1. The van der Waals surface area contributed by atoms with E-state index in [-0.39, 0.29) is 5.91 Å². The van der Waals surface area contributed by atoms with Crippen LogP contribution < -0.4 is 14.8 Å². The van der Waals surface area contributed by atoms with E-state index in [1.165, 1.54) is 5.56 Å². The van der Waals surface area contributed by atoms with Crippen LogP contribution in [0.15, 0.2) is 47.4 Å². The highest BCUT2D eigenvalue weighted by Crippen LogP contribution is 2.27. The molecule has 2 aromatic carbocycles. The van der Waals surface area contributed by atoms with Crippen molar-refractivity contribution in [1.29, 1.82) is 0 Å². The first-order chi connectivity index (χ1) is 11.6. The van der Waals surface area contributed by atoms with E-state index < -0.39 is 0 Å². The summed E-state index contributed by atoms with van der Waals surface area (Å²) in [5, 5.41) is 2.95. The highest BCUT2D eigenvalue weighted by atomic mass is 32.2. The van der Waals surface area contributed by atoms with E-state index in [0.717, 1.165) is 16.9 Å². The predicted molar refractivity (Wildman–Crippen MR) is 98.2 cm³/mol. The minimum atomic E-state index is 0.0426. The Kier molecular flexibility index (Phi) is 7.00. The van der Waals surface area contributed by atoms with Crippen molar-refractivity contribution in [2.24, 2.45) is 0 Å². The molecule has 0 radical (unpaired) electrons. The maximum absolute atomic E-state index is 11.9. The number of thioether (sulfide) groups is 1. The van der Waals surface area contributed by atoms with Gasteiger partial charge in [-0.2, -0.15) is 0 Å². The molecule has 0 unspecified atom stereocenters. The second kappa shape index (κ2) is 9.23. The molecule has 2 aromatic rings. The molecular weight excluding hydrogens is 322 g/mol. The first kappa shape index (κ1) is 18.2. The van der Waals surface area contributed by atoms with Crippen LogP contribution in [0, 0.1) is 6.92 Å². The van der Waals surface area contributed by atoms with Crippen LogP contribution in [0.2, 0.25) is 0 Å². The summed E-state index contributed by atoms with van der Waals surface area (Å²) in [5.41, 5.74) is 2.32. The van der Waals surface area contributed by atoms with Gasteiger partial charge in [0.15, 0.2) is 11.5 Å². The first-order valence-electron chi connectivity index (χ1n) is 7.79. The van der Waals surface area contributed by atoms with E-state index in [9.17, 15) is 4.79 Å². The molecule has 0 fully saturated rings. The van der Waals surface area contributed by atoms with Crippen molar-refractivity contribution in [3.63, 3.8) is 0 Å². The van der Waals surface area contributed by atoms with Gasteiger partial charge in [-0.3, -0.25) is 4.79 Å². The lowest BCUT2D eigenvalue weighted by Crippen LogP contribution is -2.27. The summed E-state index contributed by atoms with van der Waals surface area (Å²) in [6.07, 6.45) is 0.751. The van der Waals surface area contributed by atoms with E-state index in [1.54, 1.807) is 26.0 Å². The van der Waals surface area contributed by atoms with Crippen molar-refractivity contribution in [2.75, 3.05) is 26.5 Å². The third-order valence-electron chi connectivity index (χ3n) is 3.57. The number of methoxy groups -OCH3 is 2. The fourth-order valence-corrected chi connectivity index (χ4v) is 2.95. The molecule has 0 spiro atoms. The summed E-state index contributed by atoms with van der Waals surface area (Å²) in [6.45, 7) is 2.65. The Hall–Kier alpha value is -2.14. The van der Waals surface area contributed by atoms with E-state index in [0.29, 0.717) is 23.8 Å². The summed E-state index contributed by atoms with van der Waals surface area (Å²) >= 11 is 1.55. The van der Waals surface area contributed by atoms with Crippen molar-refractivity contribution in [1.82, 2.24) is 5.32 Å². The van der Waals surface area contributed by atoms with E-state index in [1.807, 2.05) is 30.3 Å². The molecular formula is C19H23NO3S. The number of hydrogen-bond donors (Lipinski definition) is 1. The molecule has 2 rings (SSSR count). The van der Waals surface area contributed by atoms with Crippen LogP contribution in [0.3, 0.4) is 0 Å².